The van der Waals surface area contributed by atoms with Gasteiger partial charge < -0.3 is 19.9 Å². The van der Waals surface area contributed by atoms with E-state index in [1.165, 1.54) is 0 Å². The van der Waals surface area contributed by atoms with Crippen LogP contribution in [0.15, 0.2) is 0 Å². The van der Waals surface area contributed by atoms with Gasteiger partial charge in [-0.2, -0.15) is 0 Å². The number of hydrogen-bond acceptors (Lipinski definition) is 4. The normalized spacial score (nSPS) is 31.3. The van der Waals surface area contributed by atoms with Crippen LogP contribution < -0.4 is 5.32 Å². The predicted molar refractivity (Wildman–Crippen MR) is 75.0 cm³/mol. The van der Waals surface area contributed by atoms with E-state index in [1.807, 2.05) is 0 Å². The van der Waals surface area contributed by atoms with Gasteiger partial charge in [-0.05, 0) is 34.1 Å². The Bertz CT molecular complexity index is 306. The fourth-order valence-electron chi connectivity index (χ4n) is 3.68. The van der Waals surface area contributed by atoms with Crippen molar-refractivity contribution in [3.63, 3.8) is 0 Å². The van der Waals surface area contributed by atoms with E-state index < -0.39 is 5.79 Å². The largest absolute Gasteiger partial charge is 0.396 e. The first-order valence-corrected chi connectivity index (χ1v) is 7.34. The number of ether oxygens (including phenoxy) is 2. The second-order valence-corrected chi connectivity index (χ2v) is 7.75. The van der Waals surface area contributed by atoms with Crippen LogP contribution in [0.5, 0.6) is 0 Å². The van der Waals surface area contributed by atoms with Crippen LogP contribution in [0.2, 0.25) is 0 Å². The lowest BCUT2D eigenvalue weighted by molar-refractivity contribution is -0.332. The van der Waals surface area contributed by atoms with Gasteiger partial charge in [0.05, 0.1) is 19.8 Å². The van der Waals surface area contributed by atoms with E-state index >= 15 is 0 Å². The molecule has 0 aromatic carbocycles. The lowest BCUT2D eigenvalue weighted by atomic mass is 9.77. The minimum atomic E-state index is -0.494. The summed E-state index contributed by atoms with van der Waals surface area (Å²) in [6.45, 7) is 12.2. The monoisotopic (exact) mass is 271 g/mol. The lowest BCUT2D eigenvalue weighted by Gasteiger charge is -2.55. The Morgan fingerprint density at radius 1 is 1.00 bits per heavy atom. The van der Waals surface area contributed by atoms with E-state index in [2.05, 4.69) is 39.9 Å². The van der Waals surface area contributed by atoms with E-state index in [4.69, 9.17) is 9.47 Å². The predicted octanol–water partition coefficient (Wildman–Crippen LogP) is 2.06. The van der Waals surface area contributed by atoms with Gasteiger partial charge in [0.15, 0.2) is 5.79 Å². The fraction of sp³-hybridized carbons (Fsp3) is 1.00. The number of rotatable bonds is 2. The molecule has 2 rings (SSSR count). The highest BCUT2D eigenvalue weighted by atomic mass is 16.7. The summed E-state index contributed by atoms with van der Waals surface area (Å²) in [6.07, 6.45) is 2.56. The van der Waals surface area contributed by atoms with Gasteiger partial charge in [-0.25, -0.2) is 0 Å². The Morgan fingerprint density at radius 3 is 1.84 bits per heavy atom. The maximum absolute atomic E-state index is 9.56. The molecule has 4 heteroatoms. The first-order chi connectivity index (χ1) is 8.66. The Kier molecular flexibility index (Phi) is 3.76. The van der Waals surface area contributed by atoms with E-state index in [-0.39, 0.29) is 23.1 Å². The van der Waals surface area contributed by atoms with Crippen LogP contribution in [0.1, 0.15) is 53.9 Å². The van der Waals surface area contributed by atoms with Crippen molar-refractivity contribution in [1.82, 2.24) is 5.32 Å². The van der Waals surface area contributed by atoms with Gasteiger partial charge >= 0.3 is 0 Å². The summed E-state index contributed by atoms with van der Waals surface area (Å²) in [5, 5.41) is 13.2. The summed E-state index contributed by atoms with van der Waals surface area (Å²) >= 11 is 0. The van der Waals surface area contributed by atoms with Crippen molar-refractivity contribution in [2.45, 2.75) is 70.7 Å². The van der Waals surface area contributed by atoms with E-state index in [0.29, 0.717) is 13.2 Å². The molecular weight excluding hydrogens is 242 g/mol. The average Bonchev–Trinajstić information content (AvgIpc) is 2.26. The van der Waals surface area contributed by atoms with Crippen LogP contribution in [0.25, 0.3) is 0 Å². The first-order valence-electron chi connectivity index (χ1n) is 7.34. The van der Waals surface area contributed by atoms with E-state index in [9.17, 15) is 5.11 Å². The summed E-state index contributed by atoms with van der Waals surface area (Å²) in [7, 11) is 0. The number of nitrogens with one attached hydrogen (secondary N) is 1. The molecule has 0 amide bonds. The minimum absolute atomic E-state index is 0.00677. The molecule has 2 aliphatic heterocycles. The molecule has 0 aromatic rings. The topological polar surface area (TPSA) is 50.7 Å². The summed E-state index contributed by atoms with van der Waals surface area (Å²) in [5.74, 6) is -0.494. The summed E-state index contributed by atoms with van der Waals surface area (Å²) in [6, 6.07) is 0. The molecule has 2 N–H and O–H groups in total. The first kappa shape index (κ1) is 15.2. The fourth-order valence-corrected chi connectivity index (χ4v) is 3.68. The summed E-state index contributed by atoms with van der Waals surface area (Å²) in [4.78, 5) is 0. The van der Waals surface area contributed by atoms with Gasteiger partial charge in [0.2, 0.25) is 0 Å². The highest BCUT2D eigenvalue weighted by Gasteiger charge is 2.52. The van der Waals surface area contributed by atoms with Crippen molar-refractivity contribution in [3.8, 4) is 0 Å². The zero-order chi connectivity index (χ0) is 14.4. The third-order valence-electron chi connectivity index (χ3n) is 4.47. The lowest BCUT2D eigenvalue weighted by Crippen LogP contribution is -2.67. The maximum atomic E-state index is 9.56. The van der Waals surface area contributed by atoms with Crippen LogP contribution in [0, 0.1) is 5.41 Å². The molecule has 112 valence electrons. The Hall–Kier alpha value is -0.160. The molecule has 2 fully saturated rings. The number of aliphatic hydroxyl groups excluding tert-OH is 1. The molecule has 0 radical (unpaired) electrons. The van der Waals surface area contributed by atoms with Gasteiger partial charge in [-0.3, -0.25) is 0 Å². The molecule has 0 aliphatic carbocycles. The molecule has 4 nitrogen and oxygen atoms in total. The van der Waals surface area contributed by atoms with Crippen molar-refractivity contribution in [2.75, 3.05) is 19.8 Å². The number of piperidine rings is 1. The Labute approximate surface area is 116 Å². The SMILES string of the molecule is CCC1(CO)COC2(CC(C)(C)NC(C)(C)C2)OC1. The van der Waals surface area contributed by atoms with Gasteiger partial charge in [0, 0.05) is 29.3 Å². The maximum Gasteiger partial charge on any atom is 0.171 e. The standard InChI is InChI=1S/C15H29NO3/c1-6-14(9-17)10-18-15(19-11-14)7-12(2,3)16-13(4,5)8-15/h16-17H,6-11H2,1-5H3. The third kappa shape index (κ3) is 3.13. The van der Waals surface area contributed by atoms with Gasteiger partial charge in [0.25, 0.3) is 0 Å². The van der Waals surface area contributed by atoms with Gasteiger partial charge in [0.1, 0.15) is 0 Å². The van der Waals surface area contributed by atoms with Crippen molar-refractivity contribution < 1.29 is 14.6 Å². The molecule has 0 unspecified atom stereocenters. The molecule has 2 saturated heterocycles. The van der Waals surface area contributed by atoms with Crippen LogP contribution in [0.3, 0.4) is 0 Å². The summed E-state index contributed by atoms with van der Waals surface area (Å²) < 4.78 is 12.3. The highest BCUT2D eigenvalue weighted by Crippen LogP contribution is 2.44. The molecule has 1 spiro atoms. The van der Waals surface area contributed by atoms with Crippen LogP contribution in [-0.4, -0.2) is 41.8 Å². The third-order valence-corrected chi connectivity index (χ3v) is 4.47. The van der Waals surface area contributed by atoms with Gasteiger partial charge in [-0.15, -0.1) is 0 Å². The Morgan fingerprint density at radius 2 is 1.47 bits per heavy atom. The van der Waals surface area contributed by atoms with Gasteiger partial charge in [-0.1, -0.05) is 6.92 Å². The van der Waals surface area contributed by atoms with Crippen molar-refractivity contribution in [2.24, 2.45) is 5.41 Å². The smallest absolute Gasteiger partial charge is 0.171 e. The average molecular weight is 271 g/mol. The summed E-state index contributed by atoms with van der Waals surface area (Å²) in [5.41, 5.74) is -0.231. The second-order valence-electron chi connectivity index (χ2n) is 7.75. The zero-order valence-electron chi connectivity index (χ0n) is 13.0. The van der Waals surface area contributed by atoms with E-state index in [1.54, 1.807) is 0 Å². The number of aliphatic hydroxyl groups is 1. The molecule has 0 saturated carbocycles. The molecule has 19 heavy (non-hydrogen) atoms. The molecule has 0 aromatic heterocycles. The van der Waals surface area contributed by atoms with Crippen LogP contribution in [-0.2, 0) is 9.47 Å². The second kappa shape index (κ2) is 4.69. The molecule has 2 heterocycles. The zero-order valence-corrected chi connectivity index (χ0v) is 13.0. The van der Waals surface area contributed by atoms with Crippen molar-refractivity contribution in [3.05, 3.63) is 0 Å². The minimum Gasteiger partial charge on any atom is -0.396 e. The van der Waals surface area contributed by atoms with Crippen molar-refractivity contribution >= 4 is 0 Å². The molecular formula is C15H29NO3. The molecule has 2 aliphatic rings. The highest BCUT2D eigenvalue weighted by molar-refractivity contribution is 5.03. The quantitative estimate of drug-likeness (QED) is 0.807. The molecule has 0 atom stereocenters. The van der Waals surface area contributed by atoms with Crippen LogP contribution >= 0.6 is 0 Å². The van der Waals surface area contributed by atoms with Crippen molar-refractivity contribution in [1.29, 1.82) is 0 Å². The molecule has 0 bridgehead atoms. The van der Waals surface area contributed by atoms with Crippen LogP contribution in [0.4, 0.5) is 0 Å². The number of hydrogen-bond donors (Lipinski definition) is 2. The Balaban J connectivity index is 2.13. The van der Waals surface area contributed by atoms with E-state index in [0.717, 1.165) is 19.3 Å².